The summed E-state index contributed by atoms with van der Waals surface area (Å²) >= 11 is 0. The van der Waals surface area contributed by atoms with Gasteiger partial charge in [-0.1, -0.05) is 24.3 Å². The fourth-order valence-corrected chi connectivity index (χ4v) is 3.23. The third-order valence-electron chi connectivity index (χ3n) is 4.48. The number of benzene rings is 1. The van der Waals surface area contributed by atoms with Crippen molar-refractivity contribution in [3.05, 3.63) is 66.5 Å². The minimum atomic E-state index is 0.331. The fourth-order valence-electron chi connectivity index (χ4n) is 3.23. The van der Waals surface area contributed by atoms with Gasteiger partial charge in [0.1, 0.15) is 11.9 Å². The molecule has 1 aliphatic heterocycles. The van der Waals surface area contributed by atoms with Crippen molar-refractivity contribution in [3.63, 3.8) is 0 Å². The van der Waals surface area contributed by atoms with Gasteiger partial charge in [-0.15, -0.1) is 0 Å². The van der Waals surface area contributed by atoms with Crippen LogP contribution in [0.1, 0.15) is 18.4 Å². The number of rotatable bonds is 4. The number of fused-ring (bicyclic) bond motifs is 1. The first kappa shape index (κ1) is 14.3. The van der Waals surface area contributed by atoms with Crippen molar-refractivity contribution >= 4 is 5.52 Å². The Morgan fingerprint density at radius 1 is 1.00 bits per heavy atom. The Morgan fingerprint density at radius 3 is 2.61 bits per heavy atom. The second-order valence-corrected chi connectivity index (χ2v) is 6.11. The molecule has 0 N–H and O–H groups in total. The van der Waals surface area contributed by atoms with Crippen LogP contribution in [0.3, 0.4) is 0 Å². The van der Waals surface area contributed by atoms with Crippen LogP contribution >= 0.6 is 0 Å². The Morgan fingerprint density at radius 2 is 1.78 bits per heavy atom. The van der Waals surface area contributed by atoms with E-state index in [9.17, 15) is 0 Å². The summed E-state index contributed by atoms with van der Waals surface area (Å²) < 4.78 is 8.01. The average molecular weight is 307 g/mol. The normalized spacial score (nSPS) is 16.7. The summed E-state index contributed by atoms with van der Waals surface area (Å²) in [6.07, 6.45) is 6.47. The zero-order valence-electron chi connectivity index (χ0n) is 13.1. The molecule has 4 nitrogen and oxygen atoms in total. The zero-order chi connectivity index (χ0) is 15.5. The maximum Gasteiger partial charge on any atom is 0.119 e. The average Bonchev–Trinajstić information content (AvgIpc) is 3.01. The van der Waals surface area contributed by atoms with Crippen LogP contribution in [0.4, 0.5) is 0 Å². The standard InChI is InChI=1S/C19H21N3O/c1-2-6-17(7-3-1)23-18-9-12-21(13-10-18)15-16-14-20-22-11-5-4-8-19(16)22/h1-8,11,14,18H,9-10,12-13,15H2. The van der Waals surface area contributed by atoms with E-state index in [2.05, 4.69) is 22.1 Å². The van der Waals surface area contributed by atoms with E-state index < -0.39 is 0 Å². The molecule has 0 radical (unpaired) electrons. The quantitative estimate of drug-likeness (QED) is 0.740. The van der Waals surface area contributed by atoms with Crippen LogP contribution in [0.25, 0.3) is 5.52 Å². The van der Waals surface area contributed by atoms with E-state index in [0.717, 1.165) is 38.2 Å². The number of hydrogen-bond acceptors (Lipinski definition) is 3. The number of para-hydroxylation sites is 1. The topological polar surface area (TPSA) is 29.8 Å². The molecule has 0 bridgehead atoms. The fraction of sp³-hybridized carbons (Fsp3) is 0.316. The second kappa shape index (κ2) is 6.42. The number of pyridine rings is 1. The highest BCUT2D eigenvalue weighted by molar-refractivity contribution is 5.53. The third-order valence-corrected chi connectivity index (χ3v) is 4.48. The van der Waals surface area contributed by atoms with Gasteiger partial charge in [-0.3, -0.25) is 4.90 Å². The Bertz CT molecular complexity index is 760. The molecule has 3 aromatic rings. The van der Waals surface area contributed by atoms with Crippen LogP contribution in [0.5, 0.6) is 5.75 Å². The summed E-state index contributed by atoms with van der Waals surface area (Å²) in [5, 5.41) is 4.42. The number of nitrogens with zero attached hydrogens (tertiary/aromatic N) is 3. The van der Waals surface area contributed by atoms with Crippen molar-refractivity contribution in [1.29, 1.82) is 0 Å². The van der Waals surface area contributed by atoms with Crippen molar-refractivity contribution in [2.75, 3.05) is 13.1 Å². The van der Waals surface area contributed by atoms with Gasteiger partial charge in [0.15, 0.2) is 0 Å². The van der Waals surface area contributed by atoms with Crippen LogP contribution in [0.2, 0.25) is 0 Å². The van der Waals surface area contributed by atoms with Gasteiger partial charge in [0.05, 0.1) is 11.7 Å². The molecule has 0 amide bonds. The molecule has 1 aliphatic rings. The van der Waals surface area contributed by atoms with Crippen LogP contribution in [0, 0.1) is 0 Å². The Balaban J connectivity index is 1.35. The smallest absolute Gasteiger partial charge is 0.119 e. The SMILES string of the molecule is c1ccc(OC2CCN(Cc3cnn4ccccc34)CC2)cc1. The van der Waals surface area contributed by atoms with Crippen LogP contribution < -0.4 is 4.74 Å². The maximum atomic E-state index is 6.07. The zero-order valence-corrected chi connectivity index (χ0v) is 13.1. The summed E-state index contributed by atoms with van der Waals surface area (Å²) in [6.45, 7) is 3.11. The number of piperidine rings is 1. The highest BCUT2D eigenvalue weighted by Crippen LogP contribution is 2.21. The molecular formula is C19H21N3O. The second-order valence-electron chi connectivity index (χ2n) is 6.11. The minimum Gasteiger partial charge on any atom is -0.490 e. The van der Waals surface area contributed by atoms with Crippen molar-refractivity contribution < 1.29 is 4.74 Å². The summed E-state index contributed by atoms with van der Waals surface area (Å²) in [5.74, 6) is 0.980. The molecule has 0 spiro atoms. The molecule has 23 heavy (non-hydrogen) atoms. The first-order chi connectivity index (χ1) is 11.4. The first-order valence-electron chi connectivity index (χ1n) is 8.24. The monoisotopic (exact) mass is 307 g/mol. The molecule has 3 heterocycles. The van der Waals surface area contributed by atoms with Gasteiger partial charge in [0, 0.05) is 31.4 Å². The summed E-state index contributed by atoms with van der Waals surface area (Å²) in [7, 11) is 0. The van der Waals surface area contributed by atoms with Crippen molar-refractivity contribution in [2.24, 2.45) is 0 Å². The third kappa shape index (κ3) is 3.22. The van der Waals surface area contributed by atoms with Gasteiger partial charge in [0.2, 0.25) is 0 Å². The Labute approximate surface area is 136 Å². The van der Waals surface area contributed by atoms with Gasteiger partial charge < -0.3 is 4.74 Å². The lowest BCUT2D eigenvalue weighted by molar-refractivity contribution is 0.0970. The lowest BCUT2D eigenvalue weighted by Crippen LogP contribution is -2.37. The predicted octanol–water partition coefficient (Wildman–Crippen LogP) is 3.38. The molecule has 118 valence electrons. The molecule has 0 aliphatic carbocycles. The van der Waals surface area contributed by atoms with E-state index >= 15 is 0 Å². The molecule has 4 rings (SSSR count). The van der Waals surface area contributed by atoms with Crippen LogP contribution in [0.15, 0.2) is 60.9 Å². The summed E-state index contributed by atoms with van der Waals surface area (Å²) in [4.78, 5) is 2.49. The molecule has 1 fully saturated rings. The van der Waals surface area contributed by atoms with Crippen LogP contribution in [-0.2, 0) is 6.54 Å². The van der Waals surface area contributed by atoms with Gasteiger partial charge in [-0.05, 0) is 37.1 Å². The molecule has 0 unspecified atom stereocenters. The largest absolute Gasteiger partial charge is 0.490 e. The predicted molar refractivity (Wildman–Crippen MR) is 90.6 cm³/mol. The van der Waals surface area contributed by atoms with Crippen LogP contribution in [-0.4, -0.2) is 33.7 Å². The summed E-state index contributed by atoms with van der Waals surface area (Å²) in [5.41, 5.74) is 2.50. The minimum absolute atomic E-state index is 0.331. The van der Waals surface area contributed by atoms with E-state index in [0.29, 0.717) is 6.10 Å². The molecule has 0 saturated carbocycles. The Kier molecular flexibility index (Phi) is 3.99. The molecule has 1 aromatic carbocycles. The number of likely N-dealkylation sites (tertiary alicyclic amines) is 1. The molecular weight excluding hydrogens is 286 g/mol. The molecule has 1 saturated heterocycles. The number of hydrogen-bond donors (Lipinski definition) is 0. The van der Waals surface area contributed by atoms with Gasteiger partial charge in [-0.25, -0.2) is 4.52 Å². The molecule has 0 atom stereocenters. The van der Waals surface area contributed by atoms with E-state index in [4.69, 9.17) is 4.74 Å². The van der Waals surface area contributed by atoms with E-state index in [1.807, 2.05) is 53.3 Å². The lowest BCUT2D eigenvalue weighted by atomic mass is 10.1. The van der Waals surface area contributed by atoms with Crippen molar-refractivity contribution in [2.45, 2.75) is 25.5 Å². The van der Waals surface area contributed by atoms with E-state index in [1.54, 1.807) is 0 Å². The molecule has 4 heteroatoms. The van der Waals surface area contributed by atoms with Crippen molar-refractivity contribution in [1.82, 2.24) is 14.5 Å². The highest BCUT2D eigenvalue weighted by atomic mass is 16.5. The number of ether oxygens (including phenoxy) is 1. The van der Waals surface area contributed by atoms with Gasteiger partial charge in [0.25, 0.3) is 0 Å². The maximum absolute atomic E-state index is 6.07. The Hall–Kier alpha value is -2.33. The first-order valence-corrected chi connectivity index (χ1v) is 8.24. The molecule has 2 aromatic heterocycles. The highest BCUT2D eigenvalue weighted by Gasteiger charge is 2.21. The van der Waals surface area contributed by atoms with E-state index in [1.165, 1.54) is 11.1 Å². The van der Waals surface area contributed by atoms with Gasteiger partial charge >= 0.3 is 0 Å². The van der Waals surface area contributed by atoms with Gasteiger partial charge in [-0.2, -0.15) is 5.10 Å². The van der Waals surface area contributed by atoms with Crippen molar-refractivity contribution in [3.8, 4) is 5.75 Å². The lowest BCUT2D eigenvalue weighted by Gasteiger charge is -2.31. The van der Waals surface area contributed by atoms with E-state index in [-0.39, 0.29) is 0 Å². The number of aromatic nitrogens is 2. The summed E-state index contributed by atoms with van der Waals surface area (Å²) in [6, 6.07) is 16.3.